The third kappa shape index (κ3) is 5.51. The smallest absolute Gasteiger partial charge is 0.350 e. The highest BCUT2D eigenvalue weighted by Crippen LogP contribution is 2.26. The van der Waals surface area contributed by atoms with Crippen molar-refractivity contribution < 1.29 is 35.0 Å². The fourth-order valence-corrected chi connectivity index (χ4v) is 2.72. The number of rotatable bonds is 8. The van der Waals surface area contributed by atoms with Gasteiger partial charge in [0, 0.05) is 18.5 Å². The van der Waals surface area contributed by atoms with Crippen LogP contribution in [0.3, 0.4) is 0 Å². The minimum atomic E-state index is -3.57. The molecule has 0 saturated heterocycles. The molecule has 0 aliphatic heterocycles. The van der Waals surface area contributed by atoms with Crippen molar-refractivity contribution in [3.05, 3.63) is 83.1 Å². The number of nitrogens with one attached hydrogen (secondary N) is 2. The molecule has 3 rings (SSSR count). The van der Waals surface area contributed by atoms with Gasteiger partial charge in [-0.3, -0.25) is 20.1 Å². The van der Waals surface area contributed by atoms with E-state index in [4.69, 9.17) is 2.74 Å². The average molecular weight is 463 g/mol. The maximum absolute atomic E-state index is 14.5. The second kappa shape index (κ2) is 9.90. The van der Waals surface area contributed by atoms with Crippen molar-refractivity contribution in [1.82, 2.24) is 15.3 Å². The Hall–Kier alpha value is -4.27. The number of pyridine rings is 3. The second-order valence-electron chi connectivity index (χ2n) is 6.58. The number of halogens is 4. The highest BCUT2D eigenvalue weighted by Gasteiger charge is 2.37. The first-order valence-corrected chi connectivity index (χ1v) is 9.28. The fourth-order valence-electron chi connectivity index (χ4n) is 2.72. The molecule has 3 aromatic heterocycles. The SMILES string of the molecule is [2H]C([2H])(NC(=O)Cc1c(C#N)cc(F)c(NCC(F)(F)c2ccccn2)[n+]1O)c1ncccc1F. The lowest BCUT2D eigenvalue weighted by atomic mass is 10.1. The van der Waals surface area contributed by atoms with Gasteiger partial charge in [-0.15, -0.1) is 0 Å². The summed E-state index contributed by atoms with van der Waals surface area (Å²) in [6, 6.07) is 8.13. The predicted octanol–water partition coefficient (Wildman–Crippen LogP) is 2.21. The van der Waals surface area contributed by atoms with Crippen LogP contribution in [0.1, 0.15) is 25.4 Å². The molecular weight excluding hydrogens is 444 g/mol. The molecule has 33 heavy (non-hydrogen) atoms. The van der Waals surface area contributed by atoms with Crippen molar-refractivity contribution in [2.75, 3.05) is 11.9 Å². The van der Waals surface area contributed by atoms with Crippen molar-refractivity contribution in [2.24, 2.45) is 0 Å². The molecule has 0 atom stereocenters. The van der Waals surface area contributed by atoms with Crippen LogP contribution in [-0.4, -0.2) is 27.6 Å². The zero-order valence-electron chi connectivity index (χ0n) is 18.7. The zero-order valence-corrected chi connectivity index (χ0v) is 16.7. The molecule has 0 aliphatic rings. The van der Waals surface area contributed by atoms with Gasteiger partial charge < -0.3 is 10.5 Å². The maximum atomic E-state index is 14.5. The molecule has 3 aromatic rings. The highest BCUT2D eigenvalue weighted by atomic mass is 19.3. The molecule has 0 unspecified atom stereocenters. The van der Waals surface area contributed by atoms with Gasteiger partial charge in [-0.1, -0.05) is 6.07 Å². The standard InChI is InChI=1S/C21H16F4N6O2/c22-14-4-3-7-27-16(14)11-29-19(32)9-17-13(10-26)8-15(23)20(31(17)33)30-12-21(24,25)18-5-1-2-6-28-18/h1-8,33H,9,11-12H2,(H,29,32)/p+1/i11D2. The Morgan fingerprint density at radius 1 is 1.21 bits per heavy atom. The summed E-state index contributed by atoms with van der Waals surface area (Å²) < 4.78 is 73.0. The summed E-state index contributed by atoms with van der Waals surface area (Å²) in [6.07, 6.45) is 1.36. The van der Waals surface area contributed by atoms with Crippen molar-refractivity contribution in [1.29, 1.82) is 5.26 Å². The zero-order chi connectivity index (χ0) is 25.8. The molecule has 0 aromatic carbocycles. The molecule has 0 spiro atoms. The lowest BCUT2D eigenvalue weighted by Gasteiger charge is -2.15. The van der Waals surface area contributed by atoms with E-state index in [2.05, 4.69) is 9.97 Å². The molecule has 0 fully saturated rings. The Balaban J connectivity index is 1.85. The van der Waals surface area contributed by atoms with E-state index >= 15 is 0 Å². The Bertz CT molecular complexity index is 1290. The number of nitriles is 1. The minimum Gasteiger partial charge on any atom is -0.350 e. The van der Waals surface area contributed by atoms with Gasteiger partial charge in [0.2, 0.25) is 11.7 Å². The lowest BCUT2D eigenvalue weighted by molar-refractivity contribution is -0.899. The topological polar surface area (TPSA) is 115 Å². The number of carbonyl (C=O) groups is 1. The first-order valence-electron chi connectivity index (χ1n) is 10.3. The fraction of sp³-hybridized carbons (Fsp3) is 0.190. The molecule has 0 radical (unpaired) electrons. The predicted molar refractivity (Wildman–Crippen MR) is 105 cm³/mol. The normalized spacial score (nSPS) is 12.3. The van der Waals surface area contributed by atoms with Gasteiger partial charge in [-0.25, -0.2) is 4.39 Å². The molecular formula is C21H17F4N6O2+. The summed E-state index contributed by atoms with van der Waals surface area (Å²) in [7, 11) is 0. The average Bonchev–Trinajstić information content (AvgIpc) is 2.81. The van der Waals surface area contributed by atoms with Crippen LogP contribution in [0.4, 0.5) is 23.4 Å². The van der Waals surface area contributed by atoms with Gasteiger partial charge in [-0.05, 0) is 29.0 Å². The molecule has 12 heteroatoms. The van der Waals surface area contributed by atoms with Crippen molar-refractivity contribution in [3.63, 3.8) is 0 Å². The van der Waals surface area contributed by atoms with Crippen molar-refractivity contribution in [2.45, 2.75) is 18.8 Å². The number of hydrogen-bond donors (Lipinski definition) is 3. The van der Waals surface area contributed by atoms with E-state index in [0.717, 1.165) is 24.5 Å². The van der Waals surface area contributed by atoms with Gasteiger partial charge in [-0.2, -0.15) is 18.4 Å². The van der Waals surface area contributed by atoms with Crippen LogP contribution in [0, 0.1) is 23.0 Å². The van der Waals surface area contributed by atoms with Crippen molar-refractivity contribution >= 4 is 11.7 Å². The maximum Gasteiger partial charge on any atom is 0.350 e. The number of amides is 1. The molecule has 0 bridgehead atoms. The van der Waals surface area contributed by atoms with Gasteiger partial charge in [0.15, 0.2) is 12.2 Å². The monoisotopic (exact) mass is 463 g/mol. The van der Waals surface area contributed by atoms with Crippen LogP contribution < -0.4 is 15.4 Å². The molecule has 3 N–H and O–H groups in total. The molecule has 1 amide bonds. The van der Waals surface area contributed by atoms with Crippen LogP contribution in [0.25, 0.3) is 0 Å². The number of anilines is 1. The van der Waals surface area contributed by atoms with E-state index in [-0.39, 0.29) is 4.73 Å². The van der Waals surface area contributed by atoms with E-state index in [1.165, 1.54) is 18.2 Å². The number of hydrogen-bond acceptors (Lipinski definition) is 6. The lowest BCUT2D eigenvalue weighted by Crippen LogP contribution is -2.44. The van der Waals surface area contributed by atoms with Crippen LogP contribution >= 0.6 is 0 Å². The molecule has 0 saturated carbocycles. The van der Waals surface area contributed by atoms with E-state index in [0.29, 0.717) is 6.07 Å². The Labute approximate surface area is 187 Å². The molecule has 0 aliphatic carbocycles. The number of nitrogens with zero attached hydrogens (tertiary/aromatic N) is 4. The minimum absolute atomic E-state index is 0.0128. The first-order chi connectivity index (χ1) is 16.5. The largest absolute Gasteiger partial charge is 0.350 e. The summed E-state index contributed by atoms with van der Waals surface area (Å²) in [5.74, 6) is -7.89. The third-order valence-corrected chi connectivity index (χ3v) is 4.32. The van der Waals surface area contributed by atoms with Gasteiger partial charge in [0.1, 0.15) is 23.1 Å². The molecule has 3 heterocycles. The third-order valence-electron chi connectivity index (χ3n) is 4.32. The number of carbonyl (C=O) groups excluding carboxylic acids is 1. The van der Waals surface area contributed by atoms with Gasteiger partial charge in [0.25, 0.3) is 0 Å². The first kappa shape index (κ1) is 20.6. The van der Waals surface area contributed by atoms with E-state index < -0.39 is 71.4 Å². The molecule has 8 nitrogen and oxygen atoms in total. The van der Waals surface area contributed by atoms with Crippen LogP contribution in [-0.2, 0) is 23.6 Å². The summed E-state index contributed by atoms with van der Waals surface area (Å²) in [5.41, 5.74) is -2.39. The number of aromatic nitrogens is 3. The van der Waals surface area contributed by atoms with Crippen molar-refractivity contribution in [3.8, 4) is 6.07 Å². The molecule has 170 valence electrons. The quantitative estimate of drug-likeness (QED) is 0.268. The summed E-state index contributed by atoms with van der Waals surface area (Å²) in [6.45, 7) is -3.97. The van der Waals surface area contributed by atoms with E-state index in [9.17, 15) is 32.8 Å². The number of alkyl halides is 2. The second-order valence-corrected chi connectivity index (χ2v) is 6.58. The van der Waals surface area contributed by atoms with E-state index in [1.54, 1.807) is 6.07 Å². The van der Waals surface area contributed by atoms with Crippen LogP contribution in [0.2, 0.25) is 0 Å². The summed E-state index contributed by atoms with van der Waals surface area (Å²) >= 11 is 0. The van der Waals surface area contributed by atoms with Crippen LogP contribution in [0.5, 0.6) is 0 Å². The summed E-state index contributed by atoms with van der Waals surface area (Å²) in [5, 5.41) is 23.6. The Morgan fingerprint density at radius 3 is 2.64 bits per heavy atom. The van der Waals surface area contributed by atoms with Gasteiger partial charge in [0.05, 0.1) is 21.4 Å². The van der Waals surface area contributed by atoms with Gasteiger partial charge >= 0.3 is 11.7 Å². The highest BCUT2D eigenvalue weighted by molar-refractivity contribution is 5.78. The summed E-state index contributed by atoms with van der Waals surface area (Å²) in [4.78, 5) is 19.5. The van der Waals surface area contributed by atoms with Crippen LogP contribution in [0.15, 0.2) is 48.8 Å². The Morgan fingerprint density at radius 2 is 1.97 bits per heavy atom. The van der Waals surface area contributed by atoms with E-state index in [1.807, 2.05) is 10.6 Å². The Kier molecular flexibility index (Phi) is 6.19.